The third-order valence-electron chi connectivity index (χ3n) is 4.48. The van der Waals surface area contributed by atoms with Crippen molar-refractivity contribution in [2.45, 2.75) is 4.90 Å². The number of anilines is 1. The van der Waals surface area contributed by atoms with Crippen LogP contribution in [-0.4, -0.2) is 53.1 Å². The van der Waals surface area contributed by atoms with Crippen molar-refractivity contribution in [3.05, 3.63) is 48.0 Å². The van der Waals surface area contributed by atoms with Crippen LogP contribution in [0.15, 0.2) is 41.3 Å². The molecular weight excluding hydrogens is 378 g/mol. The van der Waals surface area contributed by atoms with E-state index in [0.29, 0.717) is 30.7 Å². The molecule has 9 heteroatoms. The fourth-order valence-corrected chi connectivity index (χ4v) is 4.51. The number of halogens is 2. The third kappa shape index (κ3) is 3.84. The molecule has 27 heavy (non-hydrogen) atoms. The van der Waals surface area contributed by atoms with E-state index >= 15 is 0 Å². The molecule has 0 radical (unpaired) electrons. The second-order valence-corrected chi connectivity index (χ2v) is 7.91. The van der Waals surface area contributed by atoms with Crippen LogP contribution in [0.4, 0.5) is 14.5 Å². The summed E-state index contributed by atoms with van der Waals surface area (Å²) < 4.78 is 64.1. The first-order chi connectivity index (χ1) is 12.9. The Kier molecular flexibility index (Phi) is 5.52. The van der Waals surface area contributed by atoms with Crippen molar-refractivity contribution in [2.24, 2.45) is 0 Å². The summed E-state index contributed by atoms with van der Waals surface area (Å²) in [5.74, 6) is -0.629. The summed E-state index contributed by atoms with van der Waals surface area (Å²) in [4.78, 5) is 1.48. The normalized spacial score (nSPS) is 15.6. The van der Waals surface area contributed by atoms with Crippen LogP contribution in [0.5, 0.6) is 11.5 Å². The predicted octanol–water partition coefficient (Wildman–Crippen LogP) is 2.49. The largest absolute Gasteiger partial charge is 0.497 e. The number of sulfonamides is 1. The van der Waals surface area contributed by atoms with Gasteiger partial charge < -0.3 is 14.4 Å². The van der Waals surface area contributed by atoms with Crippen molar-refractivity contribution in [1.29, 1.82) is 0 Å². The highest BCUT2D eigenvalue weighted by Gasteiger charge is 2.31. The summed E-state index contributed by atoms with van der Waals surface area (Å²) in [6, 6.07) is 7.88. The first kappa shape index (κ1) is 19.4. The molecule has 1 aliphatic rings. The van der Waals surface area contributed by atoms with Gasteiger partial charge in [0.2, 0.25) is 10.0 Å². The lowest BCUT2D eigenvalue weighted by Gasteiger charge is -2.36. The van der Waals surface area contributed by atoms with E-state index in [2.05, 4.69) is 0 Å². The van der Waals surface area contributed by atoms with Gasteiger partial charge in [0, 0.05) is 38.3 Å². The van der Waals surface area contributed by atoms with Crippen molar-refractivity contribution < 1.29 is 26.7 Å². The number of piperazine rings is 1. The Balaban J connectivity index is 1.77. The van der Waals surface area contributed by atoms with Crippen LogP contribution in [0.1, 0.15) is 0 Å². The zero-order valence-corrected chi connectivity index (χ0v) is 15.8. The zero-order chi connectivity index (χ0) is 19.6. The van der Waals surface area contributed by atoms with Crippen molar-refractivity contribution >= 4 is 15.7 Å². The van der Waals surface area contributed by atoms with Gasteiger partial charge in [-0.2, -0.15) is 4.31 Å². The lowest BCUT2D eigenvalue weighted by molar-refractivity contribution is 0.373. The number of nitrogens with zero attached hydrogens (tertiary/aromatic N) is 2. The standard InChI is InChI=1S/C18H20F2N2O4S/c1-25-14-4-5-16(17(12-14)26-2)21-7-9-22(10-8-21)27(23,24)18-6-3-13(19)11-15(18)20/h3-6,11-12H,7-10H2,1-2H3. The third-order valence-corrected chi connectivity index (χ3v) is 6.41. The van der Waals surface area contributed by atoms with Gasteiger partial charge in [0.05, 0.1) is 19.9 Å². The topological polar surface area (TPSA) is 59.1 Å². The van der Waals surface area contributed by atoms with Gasteiger partial charge in [-0.3, -0.25) is 0 Å². The molecule has 0 aromatic heterocycles. The lowest BCUT2D eigenvalue weighted by atomic mass is 10.2. The molecule has 3 rings (SSSR count). The molecule has 0 unspecified atom stereocenters. The highest BCUT2D eigenvalue weighted by atomic mass is 32.2. The smallest absolute Gasteiger partial charge is 0.246 e. The Bertz CT molecular complexity index is 929. The molecule has 0 saturated carbocycles. The summed E-state index contributed by atoms with van der Waals surface area (Å²) in [5, 5.41) is 0. The van der Waals surface area contributed by atoms with Crippen LogP contribution in [0.2, 0.25) is 0 Å². The van der Waals surface area contributed by atoms with Crippen molar-refractivity contribution in [3.8, 4) is 11.5 Å². The molecule has 0 spiro atoms. The molecule has 1 heterocycles. The minimum absolute atomic E-state index is 0.175. The average Bonchev–Trinajstić information content (AvgIpc) is 2.67. The van der Waals surface area contributed by atoms with Crippen LogP contribution in [0.25, 0.3) is 0 Å². The minimum atomic E-state index is -4.03. The van der Waals surface area contributed by atoms with E-state index in [9.17, 15) is 17.2 Å². The second-order valence-electron chi connectivity index (χ2n) is 6.00. The molecule has 2 aromatic carbocycles. The maximum absolute atomic E-state index is 13.9. The van der Waals surface area contributed by atoms with Gasteiger partial charge in [0.25, 0.3) is 0 Å². The van der Waals surface area contributed by atoms with Crippen LogP contribution < -0.4 is 14.4 Å². The Morgan fingerprint density at radius 3 is 2.22 bits per heavy atom. The molecule has 0 atom stereocenters. The van der Waals surface area contributed by atoms with Crippen molar-refractivity contribution in [3.63, 3.8) is 0 Å². The van der Waals surface area contributed by atoms with E-state index in [1.165, 1.54) is 4.31 Å². The number of hydrogen-bond acceptors (Lipinski definition) is 5. The fourth-order valence-electron chi connectivity index (χ4n) is 3.04. The Morgan fingerprint density at radius 2 is 1.63 bits per heavy atom. The second kappa shape index (κ2) is 7.69. The first-order valence-corrected chi connectivity index (χ1v) is 9.73. The molecule has 2 aromatic rings. The maximum Gasteiger partial charge on any atom is 0.246 e. The molecular formula is C18H20F2N2O4S. The summed E-state index contributed by atoms with van der Waals surface area (Å²) in [6.07, 6.45) is 0. The van der Waals surface area contributed by atoms with Gasteiger partial charge in [-0.05, 0) is 24.3 Å². The summed E-state index contributed by atoms with van der Waals surface area (Å²) in [6.45, 7) is 1.16. The van der Waals surface area contributed by atoms with Gasteiger partial charge in [-0.15, -0.1) is 0 Å². The molecule has 6 nitrogen and oxygen atoms in total. The Hall–Kier alpha value is -2.39. The van der Waals surface area contributed by atoms with Crippen LogP contribution in [0, 0.1) is 11.6 Å². The van der Waals surface area contributed by atoms with E-state index in [0.717, 1.165) is 17.8 Å². The van der Waals surface area contributed by atoms with Gasteiger partial charge in [0.1, 0.15) is 28.0 Å². The minimum Gasteiger partial charge on any atom is -0.497 e. The van der Waals surface area contributed by atoms with E-state index < -0.39 is 26.6 Å². The molecule has 0 bridgehead atoms. The predicted molar refractivity (Wildman–Crippen MR) is 96.9 cm³/mol. The maximum atomic E-state index is 13.9. The highest BCUT2D eigenvalue weighted by molar-refractivity contribution is 7.89. The Labute approximate surface area is 157 Å². The first-order valence-electron chi connectivity index (χ1n) is 8.29. The number of benzene rings is 2. The molecule has 0 N–H and O–H groups in total. The highest BCUT2D eigenvalue weighted by Crippen LogP contribution is 2.33. The summed E-state index contributed by atoms with van der Waals surface area (Å²) in [5.41, 5.74) is 0.823. The van der Waals surface area contributed by atoms with E-state index in [-0.39, 0.29) is 13.1 Å². The number of rotatable bonds is 5. The van der Waals surface area contributed by atoms with E-state index in [4.69, 9.17) is 9.47 Å². The van der Waals surface area contributed by atoms with Gasteiger partial charge in [-0.1, -0.05) is 0 Å². The molecule has 0 aliphatic carbocycles. The molecule has 1 aliphatic heterocycles. The quantitative estimate of drug-likeness (QED) is 0.775. The Morgan fingerprint density at radius 1 is 0.926 bits per heavy atom. The van der Waals surface area contributed by atoms with E-state index in [1.54, 1.807) is 26.4 Å². The van der Waals surface area contributed by atoms with Crippen molar-refractivity contribution in [1.82, 2.24) is 4.31 Å². The molecule has 0 amide bonds. The van der Waals surface area contributed by atoms with Crippen LogP contribution in [0.3, 0.4) is 0 Å². The van der Waals surface area contributed by atoms with Gasteiger partial charge in [-0.25, -0.2) is 17.2 Å². The lowest BCUT2D eigenvalue weighted by Crippen LogP contribution is -2.48. The van der Waals surface area contributed by atoms with E-state index in [1.807, 2.05) is 11.0 Å². The van der Waals surface area contributed by atoms with Crippen molar-refractivity contribution in [2.75, 3.05) is 45.3 Å². The number of ether oxygens (including phenoxy) is 2. The van der Waals surface area contributed by atoms with Crippen LogP contribution in [-0.2, 0) is 10.0 Å². The number of hydrogen-bond donors (Lipinski definition) is 0. The molecule has 1 saturated heterocycles. The molecule has 1 fully saturated rings. The average molecular weight is 398 g/mol. The summed E-state index contributed by atoms with van der Waals surface area (Å²) in [7, 11) is -0.914. The van der Waals surface area contributed by atoms with Gasteiger partial charge in [0.15, 0.2) is 0 Å². The monoisotopic (exact) mass is 398 g/mol. The zero-order valence-electron chi connectivity index (χ0n) is 15.0. The SMILES string of the molecule is COc1ccc(N2CCN(S(=O)(=O)c3ccc(F)cc3F)CC2)c(OC)c1. The number of methoxy groups -OCH3 is 2. The van der Waals surface area contributed by atoms with Gasteiger partial charge >= 0.3 is 0 Å². The molecule has 146 valence electrons. The van der Waals surface area contributed by atoms with Crippen LogP contribution >= 0.6 is 0 Å². The fraction of sp³-hybridized carbons (Fsp3) is 0.333. The summed E-state index contributed by atoms with van der Waals surface area (Å²) >= 11 is 0.